The molecule has 0 bridgehead atoms. The highest BCUT2D eigenvalue weighted by atomic mass is 16.5. The van der Waals surface area contributed by atoms with Crippen LogP contribution in [0.25, 0.3) is 11.3 Å². The number of hydrogen-bond acceptors (Lipinski definition) is 6. The molecule has 1 fully saturated rings. The number of pyridine rings is 1. The second kappa shape index (κ2) is 7.34. The predicted molar refractivity (Wildman–Crippen MR) is 112 cm³/mol. The minimum Gasteiger partial charge on any atom is -0.497 e. The molecule has 0 unspecified atom stereocenters. The summed E-state index contributed by atoms with van der Waals surface area (Å²) in [7, 11) is 5.39. The first-order valence-corrected chi connectivity index (χ1v) is 9.31. The van der Waals surface area contributed by atoms with E-state index in [0.717, 1.165) is 40.0 Å². The van der Waals surface area contributed by atoms with Gasteiger partial charge in [-0.3, -0.25) is 4.68 Å². The standard InChI is InChI=1S/C21H24N6O/c1-23-21-17(12-22)16(13-7-8-13)10-19(25-21)24-20-11-18(26-27(20)2)14-5-4-6-15(9-14)28-3/h4-6,9-13,22H,7-8H2,1-3H3,(H2,23,24,25). The molecule has 4 rings (SSSR count). The molecule has 0 spiro atoms. The SMILES string of the molecule is CNc1nc(Nc2cc(-c3cccc(OC)c3)nn2C)cc(C2CC2)c1C=N. The van der Waals surface area contributed by atoms with Crippen molar-refractivity contribution >= 4 is 23.7 Å². The molecule has 0 atom stereocenters. The fourth-order valence-corrected chi connectivity index (χ4v) is 3.35. The molecule has 1 aliphatic carbocycles. The Bertz CT molecular complexity index is 1020. The molecule has 28 heavy (non-hydrogen) atoms. The van der Waals surface area contributed by atoms with Crippen LogP contribution in [-0.2, 0) is 7.05 Å². The van der Waals surface area contributed by atoms with Crippen molar-refractivity contribution < 1.29 is 4.74 Å². The molecular formula is C21H24N6O. The maximum atomic E-state index is 7.76. The lowest BCUT2D eigenvalue weighted by molar-refractivity contribution is 0.415. The molecular weight excluding hydrogens is 352 g/mol. The van der Waals surface area contributed by atoms with Crippen molar-refractivity contribution in [2.45, 2.75) is 18.8 Å². The van der Waals surface area contributed by atoms with Gasteiger partial charge in [0.15, 0.2) is 0 Å². The molecule has 2 aromatic heterocycles. The van der Waals surface area contributed by atoms with Gasteiger partial charge in [0.2, 0.25) is 0 Å². The monoisotopic (exact) mass is 376 g/mol. The van der Waals surface area contributed by atoms with Crippen LogP contribution in [0.2, 0.25) is 0 Å². The quantitative estimate of drug-likeness (QED) is 0.539. The van der Waals surface area contributed by atoms with Crippen LogP contribution in [0.4, 0.5) is 17.5 Å². The van der Waals surface area contributed by atoms with Gasteiger partial charge >= 0.3 is 0 Å². The van der Waals surface area contributed by atoms with Crippen molar-refractivity contribution in [3.05, 3.63) is 47.5 Å². The molecule has 7 nitrogen and oxygen atoms in total. The number of hydrogen-bond donors (Lipinski definition) is 3. The van der Waals surface area contributed by atoms with E-state index in [2.05, 4.69) is 26.8 Å². The second-order valence-electron chi connectivity index (χ2n) is 6.92. The zero-order valence-corrected chi connectivity index (χ0v) is 16.3. The van der Waals surface area contributed by atoms with E-state index in [1.54, 1.807) is 11.8 Å². The summed E-state index contributed by atoms with van der Waals surface area (Å²) in [5.41, 5.74) is 3.89. The van der Waals surface area contributed by atoms with Crippen molar-refractivity contribution in [3.8, 4) is 17.0 Å². The van der Waals surface area contributed by atoms with E-state index in [1.165, 1.54) is 24.6 Å². The number of ether oxygens (including phenoxy) is 1. The van der Waals surface area contributed by atoms with Crippen LogP contribution in [0.3, 0.4) is 0 Å². The van der Waals surface area contributed by atoms with Crippen molar-refractivity contribution in [3.63, 3.8) is 0 Å². The van der Waals surface area contributed by atoms with Crippen LogP contribution in [0.1, 0.15) is 29.9 Å². The Balaban J connectivity index is 1.67. The van der Waals surface area contributed by atoms with Gasteiger partial charge in [0.25, 0.3) is 0 Å². The zero-order chi connectivity index (χ0) is 19.7. The molecule has 0 aliphatic heterocycles. The fraction of sp³-hybridized carbons (Fsp3) is 0.286. The van der Waals surface area contributed by atoms with Gasteiger partial charge in [-0.15, -0.1) is 0 Å². The number of nitrogens with one attached hydrogen (secondary N) is 3. The summed E-state index contributed by atoms with van der Waals surface area (Å²) in [5, 5.41) is 18.9. The van der Waals surface area contributed by atoms with Crippen LogP contribution in [-0.4, -0.2) is 35.1 Å². The maximum Gasteiger partial charge on any atom is 0.137 e. The number of aromatic nitrogens is 3. The highest BCUT2D eigenvalue weighted by molar-refractivity contribution is 5.88. The van der Waals surface area contributed by atoms with Crippen LogP contribution in [0.5, 0.6) is 5.75 Å². The van der Waals surface area contributed by atoms with E-state index in [-0.39, 0.29) is 0 Å². The molecule has 1 aromatic carbocycles. The average Bonchev–Trinajstić information content (AvgIpc) is 3.51. The van der Waals surface area contributed by atoms with Gasteiger partial charge in [0, 0.05) is 37.5 Å². The zero-order valence-electron chi connectivity index (χ0n) is 16.3. The van der Waals surface area contributed by atoms with Gasteiger partial charge in [-0.1, -0.05) is 12.1 Å². The van der Waals surface area contributed by atoms with Crippen molar-refractivity contribution in [1.82, 2.24) is 14.8 Å². The first kappa shape index (κ1) is 18.0. The summed E-state index contributed by atoms with van der Waals surface area (Å²) in [6, 6.07) is 11.9. The van der Waals surface area contributed by atoms with Crippen LogP contribution >= 0.6 is 0 Å². The Morgan fingerprint density at radius 1 is 1.25 bits per heavy atom. The third-order valence-corrected chi connectivity index (χ3v) is 4.99. The van der Waals surface area contributed by atoms with E-state index < -0.39 is 0 Å². The van der Waals surface area contributed by atoms with Gasteiger partial charge < -0.3 is 20.8 Å². The Labute approximate surface area is 164 Å². The third-order valence-electron chi connectivity index (χ3n) is 4.99. The van der Waals surface area contributed by atoms with Crippen LogP contribution in [0, 0.1) is 5.41 Å². The number of rotatable bonds is 7. The Morgan fingerprint density at radius 3 is 2.75 bits per heavy atom. The van der Waals surface area contributed by atoms with E-state index >= 15 is 0 Å². The third kappa shape index (κ3) is 3.43. The number of nitrogens with zero attached hydrogens (tertiary/aromatic N) is 3. The highest BCUT2D eigenvalue weighted by Gasteiger charge is 2.28. The molecule has 0 saturated heterocycles. The van der Waals surface area contributed by atoms with Gasteiger partial charge in [-0.25, -0.2) is 4.98 Å². The smallest absolute Gasteiger partial charge is 0.137 e. The molecule has 7 heteroatoms. The lowest BCUT2D eigenvalue weighted by Gasteiger charge is -2.14. The van der Waals surface area contributed by atoms with Crippen LogP contribution < -0.4 is 15.4 Å². The van der Waals surface area contributed by atoms with Gasteiger partial charge in [-0.2, -0.15) is 5.10 Å². The molecule has 1 aliphatic rings. The number of aryl methyl sites for hydroxylation is 1. The Morgan fingerprint density at radius 2 is 2.07 bits per heavy atom. The fourth-order valence-electron chi connectivity index (χ4n) is 3.35. The van der Waals surface area contributed by atoms with E-state index in [0.29, 0.717) is 5.92 Å². The normalized spacial score (nSPS) is 13.2. The minimum atomic E-state index is 0.520. The summed E-state index contributed by atoms with van der Waals surface area (Å²) in [5.74, 6) is 3.63. The summed E-state index contributed by atoms with van der Waals surface area (Å²) >= 11 is 0. The largest absolute Gasteiger partial charge is 0.497 e. The van der Waals surface area contributed by atoms with Crippen molar-refractivity contribution in [1.29, 1.82) is 5.41 Å². The lowest BCUT2D eigenvalue weighted by Crippen LogP contribution is -2.07. The van der Waals surface area contributed by atoms with Crippen molar-refractivity contribution in [2.75, 3.05) is 24.8 Å². The summed E-state index contributed by atoms with van der Waals surface area (Å²) in [4.78, 5) is 4.64. The number of anilines is 3. The number of methoxy groups -OCH3 is 1. The molecule has 3 aromatic rings. The maximum absolute atomic E-state index is 7.76. The first-order valence-electron chi connectivity index (χ1n) is 9.31. The van der Waals surface area contributed by atoms with Gasteiger partial charge in [0.1, 0.15) is 23.2 Å². The van der Waals surface area contributed by atoms with Crippen molar-refractivity contribution in [2.24, 2.45) is 7.05 Å². The van der Waals surface area contributed by atoms with Gasteiger partial charge in [0.05, 0.1) is 12.8 Å². The molecule has 2 heterocycles. The summed E-state index contributed by atoms with van der Waals surface area (Å²) in [6.45, 7) is 0. The average molecular weight is 376 g/mol. The molecule has 3 N–H and O–H groups in total. The number of benzene rings is 1. The van der Waals surface area contributed by atoms with Gasteiger partial charge in [-0.05, 0) is 42.5 Å². The minimum absolute atomic E-state index is 0.520. The first-order chi connectivity index (χ1) is 13.6. The molecule has 0 amide bonds. The predicted octanol–water partition coefficient (Wildman–Crippen LogP) is 4.15. The molecule has 0 radical (unpaired) electrons. The Hall–Kier alpha value is -3.35. The molecule has 144 valence electrons. The topological polar surface area (TPSA) is 87.8 Å². The summed E-state index contributed by atoms with van der Waals surface area (Å²) in [6.07, 6.45) is 3.72. The lowest BCUT2D eigenvalue weighted by atomic mass is 10.1. The van der Waals surface area contributed by atoms with E-state index in [9.17, 15) is 0 Å². The summed E-state index contributed by atoms with van der Waals surface area (Å²) < 4.78 is 7.11. The van der Waals surface area contributed by atoms with E-state index in [4.69, 9.17) is 10.1 Å². The highest BCUT2D eigenvalue weighted by Crippen LogP contribution is 2.43. The molecule has 1 saturated carbocycles. The van der Waals surface area contributed by atoms with E-state index in [1.807, 2.05) is 44.4 Å². The second-order valence-corrected chi connectivity index (χ2v) is 6.92. The Kier molecular flexibility index (Phi) is 4.73. The van der Waals surface area contributed by atoms with Crippen LogP contribution in [0.15, 0.2) is 36.4 Å².